The van der Waals surface area contributed by atoms with Crippen LogP contribution >= 0.6 is 7.60 Å². The van der Waals surface area contributed by atoms with Crippen molar-refractivity contribution in [3.05, 3.63) is 0 Å². The fourth-order valence-corrected chi connectivity index (χ4v) is 2.24. The van der Waals surface area contributed by atoms with E-state index in [2.05, 4.69) is 0 Å². The molecule has 96 valence electrons. The van der Waals surface area contributed by atoms with E-state index in [0.29, 0.717) is 13.0 Å². The van der Waals surface area contributed by atoms with Gasteiger partial charge in [-0.25, -0.2) is 0 Å². The number of carbonyl (C=O) groups is 1. The van der Waals surface area contributed by atoms with E-state index in [1.807, 2.05) is 0 Å². The lowest BCUT2D eigenvalue weighted by molar-refractivity contribution is -0.117. The minimum absolute atomic E-state index is 0.0792. The Bertz CT molecular complexity index is 233. The number of hydrogen-bond donors (Lipinski definition) is 0. The molecule has 5 nitrogen and oxygen atoms in total. The first-order valence-corrected chi connectivity index (χ1v) is 7.02. The summed E-state index contributed by atoms with van der Waals surface area (Å²) in [7, 11) is 1.05. The van der Waals surface area contributed by atoms with Gasteiger partial charge in [-0.05, 0) is 12.8 Å². The highest BCUT2D eigenvalue weighted by Crippen LogP contribution is 2.46. The van der Waals surface area contributed by atoms with Crippen molar-refractivity contribution in [2.24, 2.45) is 0 Å². The van der Waals surface area contributed by atoms with Crippen LogP contribution in [0, 0.1) is 0 Å². The molecule has 16 heavy (non-hydrogen) atoms. The minimum Gasteiger partial charge on any atom is -0.385 e. The summed E-state index contributed by atoms with van der Waals surface area (Å²) in [6.07, 6.45) is 2.94. The molecular weight excluding hydrogens is 231 g/mol. The Labute approximate surface area is 97.0 Å². The van der Waals surface area contributed by atoms with E-state index in [9.17, 15) is 9.36 Å². The molecule has 0 saturated heterocycles. The molecule has 0 aromatic carbocycles. The van der Waals surface area contributed by atoms with Gasteiger partial charge in [0, 0.05) is 34.4 Å². The summed E-state index contributed by atoms with van der Waals surface area (Å²) in [6.45, 7) is 0.711. The largest absolute Gasteiger partial charge is 0.385 e. The molecule has 0 fully saturated rings. The first-order valence-electron chi connectivity index (χ1n) is 5.29. The zero-order chi connectivity index (χ0) is 12.4. The highest BCUT2D eigenvalue weighted by molar-refractivity contribution is 7.54. The fourth-order valence-electron chi connectivity index (χ4n) is 1.24. The summed E-state index contributed by atoms with van der Waals surface area (Å²) in [6, 6.07) is 0. The number of rotatable bonds is 10. The third-order valence-electron chi connectivity index (χ3n) is 2.23. The third kappa shape index (κ3) is 7.12. The molecule has 0 heterocycles. The minimum atomic E-state index is -3.17. The first kappa shape index (κ1) is 15.8. The van der Waals surface area contributed by atoms with Crippen molar-refractivity contribution in [2.45, 2.75) is 25.7 Å². The maximum atomic E-state index is 11.6. The second kappa shape index (κ2) is 8.88. The van der Waals surface area contributed by atoms with E-state index in [1.165, 1.54) is 14.2 Å². The zero-order valence-corrected chi connectivity index (χ0v) is 11.1. The fraction of sp³-hybridized carbons (Fsp3) is 0.900. The molecule has 0 aliphatic heterocycles. The Morgan fingerprint density at radius 2 is 1.69 bits per heavy atom. The van der Waals surface area contributed by atoms with Gasteiger partial charge in [-0.1, -0.05) is 6.42 Å². The number of unbranched alkanes of at least 4 members (excludes halogenated alkanes) is 2. The smallest absolute Gasteiger partial charge is 0.337 e. The van der Waals surface area contributed by atoms with Gasteiger partial charge in [0.15, 0.2) is 0 Å². The molecule has 0 saturated carbocycles. The molecule has 0 spiro atoms. The van der Waals surface area contributed by atoms with Crippen molar-refractivity contribution in [1.29, 1.82) is 0 Å². The van der Waals surface area contributed by atoms with Crippen LogP contribution in [0.25, 0.3) is 0 Å². The quantitative estimate of drug-likeness (QED) is 0.441. The van der Waals surface area contributed by atoms with Gasteiger partial charge in [-0.3, -0.25) is 9.36 Å². The molecule has 6 heteroatoms. The molecular formula is C10H21O5P. The van der Waals surface area contributed by atoms with Crippen LogP contribution in [0.5, 0.6) is 0 Å². The van der Waals surface area contributed by atoms with Gasteiger partial charge in [0.05, 0.1) is 0 Å². The number of Topliss-reactive ketones (excluding diaryl/α,β-unsaturated/α-hetero) is 1. The van der Waals surface area contributed by atoms with Crippen LogP contribution in [-0.2, 0) is 23.1 Å². The molecule has 0 unspecified atom stereocenters. The Morgan fingerprint density at radius 3 is 2.19 bits per heavy atom. The van der Waals surface area contributed by atoms with Crippen LogP contribution in [0.15, 0.2) is 0 Å². The number of ketones is 1. The lowest BCUT2D eigenvalue weighted by atomic mass is 10.1. The maximum Gasteiger partial charge on any atom is 0.337 e. The average molecular weight is 252 g/mol. The molecule has 0 N–H and O–H groups in total. The lowest BCUT2D eigenvalue weighted by Gasteiger charge is -2.12. The summed E-state index contributed by atoms with van der Waals surface area (Å²) in [5.41, 5.74) is 0. The predicted molar refractivity (Wildman–Crippen MR) is 61.8 cm³/mol. The van der Waals surface area contributed by atoms with Gasteiger partial charge in [-0.15, -0.1) is 0 Å². The SMILES string of the molecule is COCCCCCC(=O)CP(=O)(OC)OC. The van der Waals surface area contributed by atoms with E-state index in [1.54, 1.807) is 7.11 Å². The summed E-state index contributed by atoms with van der Waals surface area (Å²) >= 11 is 0. The van der Waals surface area contributed by atoms with Crippen molar-refractivity contribution in [1.82, 2.24) is 0 Å². The van der Waals surface area contributed by atoms with E-state index in [-0.39, 0.29) is 11.9 Å². The van der Waals surface area contributed by atoms with Crippen LogP contribution in [0.1, 0.15) is 25.7 Å². The van der Waals surface area contributed by atoms with Gasteiger partial charge in [-0.2, -0.15) is 0 Å². The number of methoxy groups -OCH3 is 1. The van der Waals surface area contributed by atoms with E-state index < -0.39 is 7.60 Å². The van der Waals surface area contributed by atoms with Crippen molar-refractivity contribution >= 4 is 13.4 Å². The monoisotopic (exact) mass is 252 g/mol. The summed E-state index contributed by atoms with van der Waals surface area (Å²) in [4.78, 5) is 11.4. The van der Waals surface area contributed by atoms with Gasteiger partial charge >= 0.3 is 7.60 Å². The molecule has 0 bridgehead atoms. The average Bonchev–Trinajstić information content (AvgIpc) is 2.28. The van der Waals surface area contributed by atoms with Gasteiger partial charge in [0.2, 0.25) is 0 Å². The molecule has 0 aromatic heterocycles. The summed E-state index contributed by atoms with van der Waals surface area (Å²) in [5, 5.41) is 0. The highest BCUT2D eigenvalue weighted by atomic mass is 31.2. The van der Waals surface area contributed by atoms with Crippen LogP contribution in [0.3, 0.4) is 0 Å². The second-order valence-corrected chi connectivity index (χ2v) is 5.74. The van der Waals surface area contributed by atoms with Crippen LogP contribution < -0.4 is 0 Å². The normalized spacial score (nSPS) is 11.7. The van der Waals surface area contributed by atoms with Crippen LogP contribution in [0.4, 0.5) is 0 Å². The second-order valence-electron chi connectivity index (χ2n) is 3.48. The number of hydrogen-bond acceptors (Lipinski definition) is 5. The highest BCUT2D eigenvalue weighted by Gasteiger charge is 2.24. The molecule has 0 atom stereocenters. The van der Waals surface area contributed by atoms with Gasteiger partial charge < -0.3 is 13.8 Å². The van der Waals surface area contributed by atoms with Gasteiger partial charge in [0.1, 0.15) is 11.9 Å². The van der Waals surface area contributed by atoms with Gasteiger partial charge in [0.25, 0.3) is 0 Å². The Balaban J connectivity index is 3.70. The Hall–Kier alpha value is -0.220. The number of carbonyl (C=O) groups excluding carboxylic acids is 1. The van der Waals surface area contributed by atoms with Crippen LogP contribution in [0.2, 0.25) is 0 Å². The molecule has 0 radical (unpaired) electrons. The zero-order valence-electron chi connectivity index (χ0n) is 10.2. The topological polar surface area (TPSA) is 61.8 Å². The molecule has 0 rings (SSSR count). The Kier molecular flexibility index (Phi) is 8.76. The van der Waals surface area contributed by atoms with Crippen molar-refractivity contribution < 1.29 is 23.1 Å². The summed E-state index contributed by atoms with van der Waals surface area (Å²) in [5.74, 6) is -0.0792. The van der Waals surface area contributed by atoms with Crippen LogP contribution in [-0.4, -0.2) is 39.9 Å². The summed E-state index contributed by atoms with van der Waals surface area (Å²) < 4.78 is 25.9. The van der Waals surface area contributed by atoms with Crippen molar-refractivity contribution in [2.75, 3.05) is 34.1 Å². The molecule has 0 aliphatic rings. The first-order chi connectivity index (χ1) is 7.58. The lowest BCUT2D eigenvalue weighted by Crippen LogP contribution is -2.07. The molecule has 0 aromatic rings. The third-order valence-corrected chi connectivity index (χ3v) is 4.08. The Morgan fingerprint density at radius 1 is 1.06 bits per heavy atom. The van der Waals surface area contributed by atoms with Crippen molar-refractivity contribution in [3.63, 3.8) is 0 Å². The van der Waals surface area contributed by atoms with Crippen molar-refractivity contribution in [3.8, 4) is 0 Å². The number of ether oxygens (including phenoxy) is 1. The standard InChI is InChI=1S/C10H21O5P/c1-13-8-6-4-5-7-10(11)9-16(12,14-2)15-3/h4-9H2,1-3H3. The molecule has 0 aliphatic carbocycles. The molecule has 0 amide bonds. The maximum absolute atomic E-state index is 11.6. The van der Waals surface area contributed by atoms with E-state index >= 15 is 0 Å². The van der Waals surface area contributed by atoms with E-state index in [0.717, 1.165) is 19.3 Å². The van der Waals surface area contributed by atoms with E-state index in [4.69, 9.17) is 13.8 Å². The predicted octanol–water partition coefficient (Wildman–Crippen LogP) is 2.25.